The number of ether oxygens (including phenoxy) is 1. The molecule has 0 radical (unpaired) electrons. The second-order valence-corrected chi connectivity index (χ2v) is 7.33. The van der Waals surface area contributed by atoms with E-state index in [1.54, 1.807) is 11.0 Å². The smallest absolute Gasteiger partial charge is 0.230 e. The molecule has 2 fully saturated rings. The minimum Gasteiger partial charge on any atom is -0.550 e. The summed E-state index contributed by atoms with van der Waals surface area (Å²) < 4.78 is 6.83. The monoisotopic (exact) mass is 376 g/mol. The highest BCUT2D eigenvalue weighted by Gasteiger charge is 2.65. The predicted molar refractivity (Wildman–Crippen MR) is 83.0 cm³/mol. The molecule has 1 aromatic carbocycles. The minimum absolute atomic E-state index is 0.144. The maximum Gasteiger partial charge on any atom is 0.230 e. The molecule has 3 aliphatic rings. The number of aliphatic carboxylic acids is 1. The summed E-state index contributed by atoms with van der Waals surface area (Å²) in [5.41, 5.74) is 0.192. The van der Waals surface area contributed by atoms with Crippen molar-refractivity contribution >= 4 is 27.8 Å². The van der Waals surface area contributed by atoms with Crippen molar-refractivity contribution in [2.75, 3.05) is 6.54 Å². The first-order valence-corrected chi connectivity index (χ1v) is 8.36. The maximum atomic E-state index is 12.9. The summed E-state index contributed by atoms with van der Waals surface area (Å²) >= 11 is 3.40. The average molecular weight is 377 g/mol. The number of fused-ring (bicyclic) bond motifs is 1. The van der Waals surface area contributed by atoms with Gasteiger partial charge in [0.05, 0.1) is 24.6 Å². The molecule has 120 valence electrons. The first-order valence-electron chi connectivity index (χ1n) is 7.57. The van der Waals surface area contributed by atoms with Gasteiger partial charge in [0.2, 0.25) is 5.91 Å². The van der Waals surface area contributed by atoms with E-state index >= 15 is 0 Å². The third-order valence-corrected chi connectivity index (χ3v) is 5.75. The Hall–Kier alpha value is -1.66. The van der Waals surface area contributed by atoms with Crippen LogP contribution in [-0.2, 0) is 14.3 Å². The lowest BCUT2D eigenvalue weighted by atomic mass is 9.77. The molecule has 4 rings (SSSR count). The van der Waals surface area contributed by atoms with E-state index in [1.807, 2.05) is 37.3 Å². The lowest BCUT2D eigenvalue weighted by molar-refractivity contribution is -0.313. The van der Waals surface area contributed by atoms with Gasteiger partial charge in [-0.25, -0.2) is 0 Å². The number of nitrogens with zero attached hydrogens (tertiary/aromatic N) is 1. The standard InChI is InChI=1S/C17H16BrNO4/c1-9(10-2-4-11(18)5-3-10)19-8-17-7-6-12(23-17)13(16(21)22)14(17)15(19)20/h2-7,9,12-14H,8H2,1H3,(H,21,22)/p-1/t9-,12+,13+,14+,17-/m1/s1. The van der Waals surface area contributed by atoms with Crippen LogP contribution in [0.4, 0.5) is 0 Å². The first-order chi connectivity index (χ1) is 10.9. The number of amides is 1. The summed E-state index contributed by atoms with van der Waals surface area (Å²) in [6.45, 7) is 2.33. The molecule has 1 spiro atoms. The van der Waals surface area contributed by atoms with Crippen molar-refractivity contribution in [1.82, 2.24) is 4.90 Å². The Morgan fingerprint density at radius 1 is 1.43 bits per heavy atom. The Morgan fingerprint density at radius 3 is 2.78 bits per heavy atom. The van der Waals surface area contributed by atoms with Crippen LogP contribution in [0.2, 0.25) is 0 Å². The van der Waals surface area contributed by atoms with Gasteiger partial charge in [0.15, 0.2) is 0 Å². The zero-order chi connectivity index (χ0) is 16.4. The summed E-state index contributed by atoms with van der Waals surface area (Å²) in [7, 11) is 0. The van der Waals surface area contributed by atoms with Crippen LogP contribution in [0.1, 0.15) is 18.5 Å². The number of benzene rings is 1. The van der Waals surface area contributed by atoms with Crippen LogP contribution >= 0.6 is 15.9 Å². The highest BCUT2D eigenvalue weighted by Crippen LogP contribution is 2.53. The molecule has 3 heterocycles. The van der Waals surface area contributed by atoms with Gasteiger partial charge in [0.25, 0.3) is 0 Å². The number of hydrogen-bond acceptors (Lipinski definition) is 4. The van der Waals surface area contributed by atoms with Gasteiger partial charge in [0, 0.05) is 16.4 Å². The molecular weight excluding hydrogens is 362 g/mol. The lowest BCUT2D eigenvalue weighted by Crippen LogP contribution is -2.45. The molecule has 2 bridgehead atoms. The second-order valence-electron chi connectivity index (χ2n) is 6.41. The highest BCUT2D eigenvalue weighted by atomic mass is 79.9. The van der Waals surface area contributed by atoms with Crippen molar-refractivity contribution in [3.63, 3.8) is 0 Å². The quantitative estimate of drug-likeness (QED) is 0.739. The Balaban J connectivity index is 1.66. The largest absolute Gasteiger partial charge is 0.550 e. The molecule has 0 aromatic heterocycles. The molecule has 6 heteroatoms. The summed E-state index contributed by atoms with van der Waals surface area (Å²) in [4.78, 5) is 26.1. The van der Waals surface area contributed by atoms with Crippen molar-refractivity contribution in [3.8, 4) is 0 Å². The number of carboxylic acids is 1. The third-order valence-electron chi connectivity index (χ3n) is 5.22. The van der Waals surface area contributed by atoms with E-state index in [1.165, 1.54) is 0 Å². The van der Waals surface area contributed by atoms with E-state index in [4.69, 9.17) is 4.74 Å². The summed E-state index contributed by atoms with van der Waals surface area (Å²) in [5.74, 6) is -2.95. The molecule has 5 atom stereocenters. The third kappa shape index (κ3) is 2.01. The van der Waals surface area contributed by atoms with E-state index in [-0.39, 0.29) is 11.9 Å². The van der Waals surface area contributed by atoms with Gasteiger partial charge in [-0.05, 0) is 24.6 Å². The summed E-state index contributed by atoms with van der Waals surface area (Å²) in [6.07, 6.45) is 3.06. The molecule has 3 aliphatic heterocycles. The van der Waals surface area contributed by atoms with E-state index in [0.717, 1.165) is 10.0 Å². The molecule has 0 unspecified atom stereocenters. The van der Waals surface area contributed by atoms with E-state index in [0.29, 0.717) is 6.54 Å². The van der Waals surface area contributed by atoms with Crippen molar-refractivity contribution in [3.05, 3.63) is 46.5 Å². The lowest BCUT2D eigenvalue weighted by Gasteiger charge is -2.28. The van der Waals surface area contributed by atoms with Gasteiger partial charge in [-0.3, -0.25) is 4.79 Å². The predicted octanol–water partition coefficient (Wildman–Crippen LogP) is 1.04. The number of hydrogen-bond donors (Lipinski definition) is 0. The van der Waals surface area contributed by atoms with Crippen molar-refractivity contribution in [1.29, 1.82) is 0 Å². The van der Waals surface area contributed by atoms with Crippen molar-refractivity contribution in [2.45, 2.75) is 24.7 Å². The van der Waals surface area contributed by atoms with Gasteiger partial charge in [-0.2, -0.15) is 0 Å². The average Bonchev–Trinajstić information content (AvgIpc) is 3.15. The van der Waals surface area contributed by atoms with Crippen LogP contribution in [0.5, 0.6) is 0 Å². The van der Waals surface area contributed by atoms with Crippen LogP contribution in [0, 0.1) is 11.8 Å². The van der Waals surface area contributed by atoms with E-state index in [9.17, 15) is 14.7 Å². The molecule has 0 saturated carbocycles. The fourth-order valence-corrected chi connectivity index (χ4v) is 4.31. The number of carbonyl (C=O) groups excluding carboxylic acids is 2. The summed E-state index contributed by atoms with van der Waals surface area (Å²) in [5, 5.41) is 11.5. The van der Waals surface area contributed by atoms with Gasteiger partial charge < -0.3 is 19.5 Å². The van der Waals surface area contributed by atoms with Crippen molar-refractivity contribution in [2.24, 2.45) is 11.8 Å². The molecule has 2 saturated heterocycles. The maximum absolute atomic E-state index is 12.9. The number of likely N-dealkylation sites (tertiary alicyclic amines) is 1. The van der Waals surface area contributed by atoms with Crippen LogP contribution < -0.4 is 5.11 Å². The minimum atomic E-state index is -1.21. The van der Waals surface area contributed by atoms with Gasteiger partial charge >= 0.3 is 0 Å². The van der Waals surface area contributed by atoms with E-state index < -0.39 is 29.5 Å². The Labute approximate surface area is 142 Å². The Morgan fingerprint density at radius 2 is 2.13 bits per heavy atom. The fraction of sp³-hybridized carbons (Fsp3) is 0.412. The first kappa shape index (κ1) is 14.9. The SMILES string of the molecule is C[C@H](c1ccc(Br)cc1)N1C[C@@]23C=C[C@H](O2)[C@H](C(=O)[O-])[C@H]3C1=O. The number of carbonyl (C=O) groups is 2. The zero-order valence-corrected chi connectivity index (χ0v) is 14.0. The highest BCUT2D eigenvalue weighted by molar-refractivity contribution is 9.10. The molecule has 1 amide bonds. The number of carboxylic acid groups (broad SMARTS) is 1. The number of rotatable bonds is 3. The normalized spacial score (nSPS) is 35.7. The second kappa shape index (κ2) is 4.92. The molecule has 23 heavy (non-hydrogen) atoms. The van der Waals surface area contributed by atoms with Crippen LogP contribution in [0.15, 0.2) is 40.9 Å². The molecule has 5 nitrogen and oxygen atoms in total. The number of halogens is 1. The molecule has 0 aliphatic carbocycles. The molecule has 0 N–H and O–H groups in total. The zero-order valence-electron chi connectivity index (χ0n) is 12.4. The van der Waals surface area contributed by atoms with Crippen LogP contribution in [0.3, 0.4) is 0 Å². The van der Waals surface area contributed by atoms with Gasteiger partial charge in [-0.1, -0.05) is 40.2 Å². The van der Waals surface area contributed by atoms with Crippen LogP contribution in [-0.4, -0.2) is 35.0 Å². The topological polar surface area (TPSA) is 69.7 Å². The van der Waals surface area contributed by atoms with Crippen molar-refractivity contribution < 1.29 is 19.4 Å². The van der Waals surface area contributed by atoms with Crippen LogP contribution in [0.25, 0.3) is 0 Å². The van der Waals surface area contributed by atoms with Gasteiger partial charge in [0.1, 0.15) is 5.60 Å². The summed E-state index contributed by atoms with van der Waals surface area (Å²) in [6, 6.07) is 7.62. The fourth-order valence-electron chi connectivity index (χ4n) is 4.05. The van der Waals surface area contributed by atoms with E-state index in [2.05, 4.69) is 15.9 Å². The Bertz CT molecular complexity index is 716. The molecular formula is C17H15BrNO4-. The Kier molecular flexibility index (Phi) is 3.19. The van der Waals surface area contributed by atoms with Gasteiger partial charge in [-0.15, -0.1) is 0 Å². The molecule has 1 aromatic rings.